The van der Waals surface area contributed by atoms with Crippen molar-refractivity contribution in [2.45, 2.75) is 51.2 Å². The van der Waals surface area contributed by atoms with Crippen molar-refractivity contribution in [3.63, 3.8) is 0 Å². The number of cyclic esters (lactones) is 1. The van der Waals surface area contributed by atoms with E-state index in [4.69, 9.17) is 9.47 Å². The van der Waals surface area contributed by atoms with Crippen LogP contribution < -0.4 is 10.1 Å². The molecule has 3 rings (SSSR count). The van der Waals surface area contributed by atoms with Crippen LogP contribution >= 0.6 is 0 Å². The van der Waals surface area contributed by atoms with E-state index in [2.05, 4.69) is 5.32 Å². The Morgan fingerprint density at radius 1 is 1.19 bits per heavy atom. The molecule has 0 saturated heterocycles. The van der Waals surface area contributed by atoms with Crippen molar-refractivity contribution in [3.8, 4) is 5.75 Å². The Bertz CT molecular complexity index is 1110. The predicted octanol–water partition coefficient (Wildman–Crippen LogP) is 3.22. The Hall–Kier alpha value is -2.91. The molecule has 8 nitrogen and oxygen atoms in total. The molecule has 0 unspecified atom stereocenters. The summed E-state index contributed by atoms with van der Waals surface area (Å²) in [5.41, 5.74) is 1.36. The summed E-state index contributed by atoms with van der Waals surface area (Å²) in [5.74, 6) is -0.795. The average molecular weight is 461 g/mol. The minimum absolute atomic E-state index is 0.0404. The van der Waals surface area contributed by atoms with Crippen LogP contribution in [-0.2, 0) is 26.0 Å². The number of benzene rings is 2. The molecule has 1 N–H and O–H groups in total. The molecule has 2 aromatic rings. The van der Waals surface area contributed by atoms with Crippen molar-refractivity contribution >= 4 is 27.6 Å². The van der Waals surface area contributed by atoms with Gasteiger partial charge >= 0.3 is 5.97 Å². The predicted molar refractivity (Wildman–Crippen MR) is 120 cm³/mol. The van der Waals surface area contributed by atoms with E-state index in [9.17, 15) is 18.0 Å². The normalized spacial score (nSPS) is 15.9. The fourth-order valence-electron chi connectivity index (χ4n) is 3.53. The molecule has 0 saturated carbocycles. The van der Waals surface area contributed by atoms with Crippen LogP contribution in [0.5, 0.6) is 5.75 Å². The molecule has 1 heterocycles. The lowest BCUT2D eigenvalue weighted by molar-refractivity contribution is -0.125. The number of esters is 1. The van der Waals surface area contributed by atoms with E-state index in [0.29, 0.717) is 24.4 Å². The molecule has 32 heavy (non-hydrogen) atoms. The van der Waals surface area contributed by atoms with Crippen LogP contribution in [0.2, 0.25) is 0 Å². The number of carbonyl (C=O) groups excluding carboxylic acids is 2. The summed E-state index contributed by atoms with van der Waals surface area (Å²) >= 11 is 0. The van der Waals surface area contributed by atoms with Gasteiger partial charge in [-0.25, -0.2) is 13.2 Å². The zero-order valence-corrected chi connectivity index (χ0v) is 19.4. The van der Waals surface area contributed by atoms with Crippen molar-refractivity contribution in [1.82, 2.24) is 4.31 Å². The van der Waals surface area contributed by atoms with Crippen molar-refractivity contribution in [1.29, 1.82) is 0 Å². The topological polar surface area (TPSA) is 102 Å². The monoisotopic (exact) mass is 460 g/mol. The van der Waals surface area contributed by atoms with Crippen molar-refractivity contribution in [3.05, 3.63) is 53.6 Å². The molecule has 0 aliphatic carbocycles. The number of amides is 1. The maximum absolute atomic E-state index is 13.0. The Morgan fingerprint density at radius 2 is 1.88 bits per heavy atom. The van der Waals surface area contributed by atoms with Gasteiger partial charge in [-0.1, -0.05) is 32.0 Å². The summed E-state index contributed by atoms with van der Waals surface area (Å²) in [7, 11) is -3.74. The Labute approximate surface area is 188 Å². The first-order valence-electron chi connectivity index (χ1n) is 10.6. The first-order valence-corrected chi connectivity index (χ1v) is 12.0. The maximum atomic E-state index is 13.0. The van der Waals surface area contributed by atoms with Crippen LogP contribution in [0.1, 0.15) is 43.6 Å². The van der Waals surface area contributed by atoms with Gasteiger partial charge in [0.25, 0.3) is 5.91 Å². The number of hydrogen-bond donors (Lipinski definition) is 1. The largest absolute Gasteiger partial charge is 0.489 e. The molecule has 1 amide bonds. The highest BCUT2D eigenvalue weighted by Crippen LogP contribution is 2.31. The lowest BCUT2D eigenvalue weighted by Crippen LogP contribution is -2.38. The molecule has 1 atom stereocenters. The second kappa shape index (κ2) is 9.70. The van der Waals surface area contributed by atoms with Gasteiger partial charge in [0.15, 0.2) is 6.10 Å². The highest BCUT2D eigenvalue weighted by molar-refractivity contribution is 7.89. The summed E-state index contributed by atoms with van der Waals surface area (Å²) in [4.78, 5) is 25.3. The first-order chi connectivity index (χ1) is 15.2. The minimum atomic E-state index is -3.74. The molecule has 0 fully saturated rings. The van der Waals surface area contributed by atoms with Crippen molar-refractivity contribution in [2.75, 3.05) is 18.4 Å². The first kappa shape index (κ1) is 23.7. The lowest BCUT2D eigenvalue weighted by Gasteiger charge is -2.25. The quantitative estimate of drug-likeness (QED) is 0.607. The molecule has 0 bridgehead atoms. The highest BCUT2D eigenvalue weighted by atomic mass is 32.2. The highest BCUT2D eigenvalue weighted by Gasteiger charge is 2.32. The number of nitrogens with zero attached hydrogens (tertiary/aromatic N) is 1. The number of sulfonamides is 1. The van der Waals surface area contributed by atoms with Gasteiger partial charge < -0.3 is 14.8 Å². The Balaban J connectivity index is 1.91. The SMILES string of the molecule is CCN(CC)S(=O)(=O)c1ccc(OC(C)C)c(NC(=O)[C@H]2Cc3ccccc3C(=O)O2)c1. The minimum Gasteiger partial charge on any atom is -0.489 e. The second-order valence-corrected chi connectivity index (χ2v) is 9.60. The number of hydrogen-bond acceptors (Lipinski definition) is 6. The number of carbonyl (C=O) groups is 2. The second-order valence-electron chi connectivity index (χ2n) is 7.66. The van der Waals surface area contributed by atoms with Gasteiger partial charge in [0.1, 0.15) is 5.75 Å². The van der Waals surface area contributed by atoms with E-state index in [1.807, 2.05) is 13.8 Å². The lowest BCUT2D eigenvalue weighted by atomic mass is 9.98. The molecule has 0 spiro atoms. The molecular weight excluding hydrogens is 432 g/mol. The van der Waals surface area contributed by atoms with Crippen LogP contribution in [0.3, 0.4) is 0 Å². The average Bonchev–Trinajstić information content (AvgIpc) is 2.75. The van der Waals surface area contributed by atoms with E-state index < -0.39 is 28.0 Å². The Kier molecular flexibility index (Phi) is 7.20. The molecule has 9 heteroatoms. The van der Waals surface area contributed by atoms with Gasteiger partial charge in [-0.15, -0.1) is 0 Å². The Morgan fingerprint density at radius 3 is 2.53 bits per heavy atom. The van der Waals surface area contributed by atoms with Crippen LogP contribution in [0.15, 0.2) is 47.4 Å². The molecule has 2 aromatic carbocycles. The van der Waals surface area contributed by atoms with Crippen molar-refractivity contribution < 1.29 is 27.5 Å². The number of anilines is 1. The summed E-state index contributed by atoms with van der Waals surface area (Å²) in [5, 5.41) is 2.70. The molecule has 172 valence electrons. The number of rotatable bonds is 8. The van der Waals surface area contributed by atoms with E-state index in [1.54, 1.807) is 38.1 Å². The third kappa shape index (κ3) is 4.94. The summed E-state index contributed by atoms with van der Waals surface area (Å²) in [6.07, 6.45) is -1.01. The van der Waals surface area contributed by atoms with Crippen LogP contribution in [0.4, 0.5) is 5.69 Å². The van der Waals surface area contributed by atoms with Gasteiger partial charge in [0.05, 0.1) is 22.3 Å². The summed E-state index contributed by atoms with van der Waals surface area (Å²) < 4.78 is 38.3. The zero-order valence-electron chi connectivity index (χ0n) is 18.6. The standard InChI is InChI=1S/C23H28N2O6S/c1-5-25(6-2)32(28,29)17-11-12-20(30-15(3)4)19(14-17)24-22(26)21-13-16-9-7-8-10-18(16)23(27)31-21/h7-12,14-15,21H,5-6,13H2,1-4H3,(H,24,26)/t21-/m1/s1. The van der Waals surface area contributed by atoms with Gasteiger partial charge in [0, 0.05) is 19.5 Å². The van der Waals surface area contributed by atoms with Crippen LogP contribution in [0.25, 0.3) is 0 Å². The van der Waals surface area contributed by atoms with Crippen molar-refractivity contribution in [2.24, 2.45) is 0 Å². The summed E-state index contributed by atoms with van der Waals surface area (Å²) in [6.45, 7) is 7.81. The van der Waals surface area contributed by atoms with Crippen LogP contribution in [0, 0.1) is 0 Å². The van der Waals surface area contributed by atoms with E-state index in [0.717, 1.165) is 5.56 Å². The fourth-order valence-corrected chi connectivity index (χ4v) is 5.01. The molecule has 0 aromatic heterocycles. The van der Waals surface area contributed by atoms with E-state index in [-0.39, 0.29) is 23.1 Å². The smallest absolute Gasteiger partial charge is 0.339 e. The number of nitrogens with one attached hydrogen (secondary N) is 1. The van der Waals surface area contributed by atoms with Crippen LogP contribution in [-0.4, -0.2) is 49.9 Å². The maximum Gasteiger partial charge on any atom is 0.339 e. The third-order valence-electron chi connectivity index (χ3n) is 5.10. The zero-order chi connectivity index (χ0) is 23.5. The number of ether oxygens (including phenoxy) is 2. The third-order valence-corrected chi connectivity index (χ3v) is 7.14. The fraction of sp³-hybridized carbons (Fsp3) is 0.391. The molecule has 1 aliphatic heterocycles. The molecule has 1 aliphatic rings. The van der Waals surface area contributed by atoms with Gasteiger partial charge in [-0.05, 0) is 43.7 Å². The van der Waals surface area contributed by atoms with E-state index in [1.165, 1.54) is 22.5 Å². The molecular formula is C23H28N2O6S. The van der Waals surface area contributed by atoms with Gasteiger partial charge in [-0.2, -0.15) is 4.31 Å². The van der Waals surface area contributed by atoms with Gasteiger partial charge in [-0.3, -0.25) is 4.79 Å². The van der Waals surface area contributed by atoms with Gasteiger partial charge in [0.2, 0.25) is 10.0 Å². The number of fused-ring (bicyclic) bond motifs is 1. The van der Waals surface area contributed by atoms with E-state index >= 15 is 0 Å². The summed E-state index contributed by atoms with van der Waals surface area (Å²) in [6, 6.07) is 11.3. The molecule has 0 radical (unpaired) electrons.